The molecule has 2 rings (SSSR count). The second-order valence-electron chi connectivity index (χ2n) is 5.95. The molecule has 1 N–H and O–H groups in total. The topological polar surface area (TPSA) is 35.6 Å². The Bertz CT molecular complexity index is 439. The van der Waals surface area contributed by atoms with E-state index in [9.17, 15) is 4.79 Å². The highest BCUT2D eigenvalue weighted by Gasteiger charge is 2.23. The molecule has 0 aromatic heterocycles. The maximum Gasteiger partial charge on any atom is 0.317 e. The van der Waals surface area contributed by atoms with E-state index in [1.165, 1.54) is 5.56 Å². The Balaban J connectivity index is 1.77. The van der Waals surface area contributed by atoms with Crippen molar-refractivity contribution in [1.82, 2.24) is 15.1 Å². The first kappa shape index (κ1) is 15.8. The molecule has 0 spiro atoms. The van der Waals surface area contributed by atoms with Crippen LogP contribution in [-0.4, -0.2) is 54.1 Å². The van der Waals surface area contributed by atoms with Crippen molar-refractivity contribution in [2.45, 2.75) is 32.4 Å². The molecule has 1 aromatic rings. The zero-order valence-corrected chi connectivity index (χ0v) is 13.1. The highest BCUT2D eigenvalue weighted by atomic mass is 16.2. The normalized spacial score (nSPS) is 17.8. The summed E-state index contributed by atoms with van der Waals surface area (Å²) in [6, 6.07) is 10.6. The van der Waals surface area contributed by atoms with Crippen molar-refractivity contribution < 1.29 is 4.79 Å². The molecule has 1 fully saturated rings. The van der Waals surface area contributed by atoms with Crippen molar-refractivity contribution in [1.29, 1.82) is 0 Å². The van der Waals surface area contributed by atoms with Crippen LogP contribution in [0, 0.1) is 6.92 Å². The zero-order valence-electron chi connectivity index (χ0n) is 13.1. The maximum absolute atomic E-state index is 12.2. The first-order chi connectivity index (χ1) is 10.1. The summed E-state index contributed by atoms with van der Waals surface area (Å²) in [7, 11) is 0. The van der Waals surface area contributed by atoms with Crippen LogP contribution in [-0.2, 0) is 6.42 Å². The van der Waals surface area contributed by atoms with Crippen LogP contribution in [0.25, 0.3) is 0 Å². The summed E-state index contributed by atoms with van der Waals surface area (Å²) in [5, 5.41) is 3.00. The number of urea groups is 1. The van der Waals surface area contributed by atoms with Gasteiger partial charge in [-0.2, -0.15) is 0 Å². The molecule has 0 bridgehead atoms. The minimum Gasteiger partial charge on any atom is -0.335 e. The fourth-order valence-corrected chi connectivity index (χ4v) is 2.66. The van der Waals surface area contributed by atoms with E-state index in [1.807, 2.05) is 23.1 Å². The molecule has 2 amide bonds. The van der Waals surface area contributed by atoms with E-state index in [4.69, 9.17) is 0 Å². The smallest absolute Gasteiger partial charge is 0.317 e. The predicted octanol–water partition coefficient (Wildman–Crippen LogP) is 2.17. The monoisotopic (exact) mass is 288 g/mol. The Hall–Kier alpha value is -1.55. The Labute approximate surface area is 128 Å². The lowest BCUT2D eigenvalue weighted by molar-refractivity contribution is 0.118. The van der Waals surface area contributed by atoms with Gasteiger partial charge in [0.25, 0.3) is 0 Å². The van der Waals surface area contributed by atoms with Gasteiger partial charge < -0.3 is 10.2 Å². The summed E-state index contributed by atoms with van der Waals surface area (Å²) >= 11 is 0. The molecule has 4 nitrogen and oxygen atoms in total. The van der Waals surface area contributed by atoms with Gasteiger partial charge in [0, 0.05) is 38.3 Å². The molecule has 0 aliphatic carbocycles. The van der Waals surface area contributed by atoms with Crippen molar-refractivity contribution in [3.8, 4) is 0 Å². The molecule has 1 aliphatic heterocycles. The first-order valence-electron chi connectivity index (χ1n) is 7.72. The van der Waals surface area contributed by atoms with Gasteiger partial charge in [-0.05, 0) is 32.8 Å². The molecule has 21 heavy (non-hydrogen) atoms. The number of amides is 2. The number of benzene rings is 1. The third kappa shape index (κ3) is 4.74. The Morgan fingerprint density at radius 3 is 2.38 bits per heavy atom. The molecular formula is C17H26N3O. The minimum absolute atomic E-state index is 0.00865. The van der Waals surface area contributed by atoms with Crippen molar-refractivity contribution in [3.05, 3.63) is 42.8 Å². The van der Waals surface area contributed by atoms with Crippen LogP contribution in [0.2, 0.25) is 0 Å². The molecule has 1 saturated heterocycles. The number of piperazine rings is 1. The van der Waals surface area contributed by atoms with Crippen LogP contribution in [0.4, 0.5) is 4.79 Å². The van der Waals surface area contributed by atoms with Crippen LogP contribution in [0.3, 0.4) is 0 Å². The Kier molecular flexibility index (Phi) is 5.62. The van der Waals surface area contributed by atoms with Crippen LogP contribution < -0.4 is 5.32 Å². The van der Waals surface area contributed by atoms with Crippen LogP contribution in [0.15, 0.2) is 30.3 Å². The van der Waals surface area contributed by atoms with Crippen molar-refractivity contribution in [2.75, 3.05) is 26.2 Å². The summed E-state index contributed by atoms with van der Waals surface area (Å²) in [6.07, 6.45) is 0.762. The van der Waals surface area contributed by atoms with Crippen LogP contribution >= 0.6 is 0 Å². The lowest BCUT2D eigenvalue weighted by Gasteiger charge is -2.37. The van der Waals surface area contributed by atoms with Gasteiger partial charge in [-0.1, -0.05) is 30.3 Å². The van der Waals surface area contributed by atoms with Crippen LogP contribution in [0.5, 0.6) is 0 Å². The van der Waals surface area contributed by atoms with Gasteiger partial charge in [-0.3, -0.25) is 4.90 Å². The van der Waals surface area contributed by atoms with Crippen molar-refractivity contribution in [2.24, 2.45) is 0 Å². The summed E-state index contributed by atoms with van der Waals surface area (Å²) < 4.78 is 0. The zero-order chi connectivity index (χ0) is 15.2. The molecule has 1 aliphatic rings. The lowest BCUT2D eigenvalue weighted by atomic mass is 10.1. The molecule has 1 heterocycles. The summed E-state index contributed by atoms with van der Waals surface area (Å²) in [5.74, 6) is 0. The average molecular weight is 288 g/mol. The number of nitrogens with zero attached hydrogens (tertiary/aromatic N) is 2. The number of nitrogens with one attached hydrogen (secondary N) is 1. The standard InChI is InChI=1S/C17H26N3O/c1-14(2)19-9-11-20(12-10-19)17(21)18-15(3)13-16-7-5-4-6-8-16/h4-8,14-15H,3,9-13H2,1-2H3,(H,18,21)/t15-/m0/s1. The number of carbonyl (C=O) groups is 1. The minimum atomic E-state index is -0.0944. The second-order valence-corrected chi connectivity index (χ2v) is 5.95. The van der Waals surface area contributed by atoms with Gasteiger partial charge in [0.2, 0.25) is 0 Å². The number of carbonyl (C=O) groups excluding carboxylic acids is 1. The van der Waals surface area contributed by atoms with Gasteiger partial charge in [-0.15, -0.1) is 0 Å². The van der Waals surface area contributed by atoms with E-state index in [0.717, 1.165) is 32.6 Å². The van der Waals surface area contributed by atoms with Crippen molar-refractivity contribution in [3.63, 3.8) is 0 Å². The average Bonchev–Trinajstić information content (AvgIpc) is 2.48. The van der Waals surface area contributed by atoms with E-state index in [0.29, 0.717) is 6.04 Å². The predicted molar refractivity (Wildman–Crippen MR) is 86.1 cm³/mol. The summed E-state index contributed by atoms with van der Waals surface area (Å²) in [5.41, 5.74) is 1.20. The highest BCUT2D eigenvalue weighted by molar-refractivity contribution is 5.74. The SMILES string of the molecule is [CH2][C@@H](Cc1ccccc1)NC(=O)N1CCN(C(C)C)CC1. The lowest BCUT2D eigenvalue weighted by Crippen LogP contribution is -2.54. The molecule has 4 heteroatoms. The van der Waals surface area contributed by atoms with E-state index >= 15 is 0 Å². The number of hydrogen-bond donors (Lipinski definition) is 1. The third-order valence-electron chi connectivity index (χ3n) is 3.98. The van der Waals surface area contributed by atoms with Crippen LogP contribution in [0.1, 0.15) is 19.4 Å². The van der Waals surface area contributed by atoms with Gasteiger partial charge in [0.05, 0.1) is 0 Å². The number of rotatable bonds is 4. The van der Waals surface area contributed by atoms with Gasteiger partial charge in [-0.25, -0.2) is 4.79 Å². The third-order valence-corrected chi connectivity index (χ3v) is 3.98. The largest absolute Gasteiger partial charge is 0.335 e. The highest BCUT2D eigenvalue weighted by Crippen LogP contribution is 2.07. The fraction of sp³-hybridized carbons (Fsp3) is 0.529. The Morgan fingerprint density at radius 2 is 1.81 bits per heavy atom. The fourth-order valence-electron chi connectivity index (χ4n) is 2.66. The van der Waals surface area contributed by atoms with Gasteiger partial charge >= 0.3 is 6.03 Å². The van der Waals surface area contributed by atoms with Gasteiger partial charge in [0.1, 0.15) is 0 Å². The molecular weight excluding hydrogens is 262 g/mol. The van der Waals surface area contributed by atoms with E-state index < -0.39 is 0 Å². The van der Waals surface area contributed by atoms with E-state index in [1.54, 1.807) is 0 Å². The molecule has 1 aromatic carbocycles. The van der Waals surface area contributed by atoms with E-state index in [-0.39, 0.29) is 12.1 Å². The summed E-state index contributed by atoms with van der Waals surface area (Å²) in [4.78, 5) is 16.5. The first-order valence-corrected chi connectivity index (χ1v) is 7.72. The number of hydrogen-bond acceptors (Lipinski definition) is 2. The molecule has 1 radical (unpaired) electrons. The maximum atomic E-state index is 12.2. The molecule has 1 atom stereocenters. The Morgan fingerprint density at radius 1 is 1.19 bits per heavy atom. The molecule has 0 saturated carbocycles. The second kappa shape index (κ2) is 7.46. The van der Waals surface area contributed by atoms with Gasteiger partial charge in [0.15, 0.2) is 0 Å². The van der Waals surface area contributed by atoms with Crippen molar-refractivity contribution >= 4 is 6.03 Å². The molecule has 115 valence electrons. The molecule has 0 unspecified atom stereocenters. The quantitative estimate of drug-likeness (QED) is 0.921. The summed E-state index contributed by atoms with van der Waals surface area (Å²) in [6.45, 7) is 11.9. The van der Waals surface area contributed by atoms with E-state index in [2.05, 4.69) is 43.1 Å².